The van der Waals surface area contributed by atoms with Crippen molar-refractivity contribution in [1.82, 2.24) is 0 Å². The summed E-state index contributed by atoms with van der Waals surface area (Å²) in [5, 5.41) is 0.624. The number of aliphatic imine (C=N–C) groups is 2. The molecule has 0 fully saturated rings. The van der Waals surface area contributed by atoms with Crippen molar-refractivity contribution in [1.29, 1.82) is 0 Å². The minimum absolute atomic E-state index is 0.181. The van der Waals surface area contributed by atoms with E-state index in [9.17, 15) is 4.79 Å². The molecular weight excluding hydrogens is 302 g/mol. The van der Waals surface area contributed by atoms with E-state index in [1.807, 2.05) is 0 Å². The zero-order valence-electron chi connectivity index (χ0n) is 6.37. The number of nitrogens with zero attached hydrogens (tertiary/aromatic N) is 2. The summed E-state index contributed by atoms with van der Waals surface area (Å²) in [5.41, 5.74) is 0.672. The first-order valence-corrected chi connectivity index (χ1v) is 5.03. The maximum absolute atomic E-state index is 11.3. The summed E-state index contributed by atoms with van der Waals surface area (Å²) in [6, 6.07) is 0. The van der Waals surface area contributed by atoms with Crippen molar-refractivity contribution in [2.24, 2.45) is 15.9 Å². The minimum atomic E-state index is -0.334. The van der Waals surface area contributed by atoms with Gasteiger partial charge in [-0.1, -0.05) is 17.7 Å². The van der Waals surface area contributed by atoms with Gasteiger partial charge in [-0.15, -0.1) is 0 Å². The molecule has 2 rings (SSSR count). The Morgan fingerprint density at radius 3 is 3.08 bits per heavy atom. The number of rotatable bonds is 0. The predicted octanol–water partition coefficient (Wildman–Crippen LogP) is 2.07. The minimum Gasteiger partial charge on any atom is -0.271 e. The summed E-state index contributed by atoms with van der Waals surface area (Å²) < 4.78 is 0.869. The van der Waals surface area contributed by atoms with Crippen molar-refractivity contribution in [2.75, 3.05) is 0 Å². The van der Waals surface area contributed by atoms with Gasteiger partial charge in [0.2, 0.25) is 0 Å². The molecule has 2 aliphatic rings. The van der Waals surface area contributed by atoms with Gasteiger partial charge in [0, 0.05) is 3.58 Å². The Hall–Kier alpha value is -0.490. The van der Waals surface area contributed by atoms with Gasteiger partial charge in [0.25, 0.3) is 5.91 Å². The lowest BCUT2D eigenvalue weighted by molar-refractivity contribution is -0.118. The molecular formula is C8H4ClIN2O. The van der Waals surface area contributed by atoms with E-state index in [1.165, 1.54) is 6.34 Å². The Balaban J connectivity index is 2.47. The molecule has 0 aromatic heterocycles. The predicted molar refractivity (Wildman–Crippen MR) is 60.5 cm³/mol. The summed E-state index contributed by atoms with van der Waals surface area (Å²) in [6.07, 6.45) is 4.75. The van der Waals surface area contributed by atoms with Gasteiger partial charge in [0.05, 0.1) is 10.7 Å². The maximum Gasteiger partial charge on any atom is 0.260 e. The van der Waals surface area contributed by atoms with Gasteiger partial charge in [-0.3, -0.25) is 4.79 Å². The van der Waals surface area contributed by atoms with Crippen LogP contribution in [0.5, 0.6) is 0 Å². The average molecular weight is 306 g/mol. The lowest BCUT2D eigenvalue weighted by atomic mass is 9.97. The number of carbonyl (C=O) groups is 1. The highest BCUT2D eigenvalue weighted by molar-refractivity contribution is 14.1. The van der Waals surface area contributed by atoms with Gasteiger partial charge in [0.15, 0.2) is 0 Å². The van der Waals surface area contributed by atoms with Crippen LogP contribution in [0.3, 0.4) is 0 Å². The molecule has 1 aliphatic heterocycles. The lowest BCUT2D eigenvalue weighted by Gasteiger charge is -2.17. The van der Waals surface area contributed by atoms with Crippen molar-refractivity contribution in [3.8, 4) is 0 Å². The van der Waals surface area contributed by atoms with Crippen molar-refractivity contribution < 1.29 is 4.79 Å². The topological polar surface area (TPSA) is 41.8 Å². The third kappa shape index (κ3) is 1.60. The van der Waals surface area contributed by atoms with Gasteiger partial charge in [-0.2, -0.15) is 0 Å². The molecule has 1 heterocycles. The molecule has 0 saturated carbocycles. The monoisotopic (exact) mass is 306 g/mol. The second-order valence-corrected chi connectivity index (χ2v) is 4.19. The number of carbonyl (C=O) groups excluding carboxylic acids is 1. The molecule has 5 heteroatoms. The van der Waals surface area contributed by atoms with E-state index >= 15 is 0 Å². The standard InChI is InChI=1S/C8H4ClIN2O/c9-5-2-7-4(1-6(5)10)8(13)12-3-11-7/h1-4H. The van der Waals surface area contributed by atoms with E-state index in [1.54, 1.807) is 12.2 Å². The van der Waals surface area contributed by atoms with Crippen LogP contribution in [-0.4, -0.2) is 18.0 Å². The van der Waals surface area contributed by atoms with Crippen molar-refractivity contribution in [3.63, 3.8) is 0 Å². The molecule has 0 saturated heterocycles. The lowest BCUT2D eigenvalue weighted by Crippen LogP contribution is -2.25. The Morgan fingerprint density at radius 2 is 2.31 bits per heavy atom. The molecule has 1 unspecified atom stereocenters. The van der Waals surface area contributed by atoms with Gasteiger partial charge in [0.1, 0.15) is 12.3 Å². The zero-order valence-corrected chi connectivity index (χ0v) is 9.28. The number of fused-ring (bicyclic) bond motifs is 1. The molecule has 1 atom stereocenters. The van der Waals surface area contributed by atoms with Crippen LogP contribution >= 0.6 is 34.2 Å². The van der Waals surface area contributed by atoms with Crippen LogP contribution in [0.1, 0.15) is 0 Å². The molecule has 1 amide bonds. The molecule has 1 aliphatic carbocycles. The van der Waals surface area contributed by atoms with Gasteiger partial charge in [-0.25, -0.2) is 9.98 Å². The van der Waals surface area contributed by atoms with E-state index in [2.05, 4.69) is 32.6 Å². The van der Waals surface area contributed by atoms with E-state index < -0.39 is 0 Å². The van der Waals surface area contributed by atoms with Crippen LogP contribution in [0.15, 0.2) is 30.7 Å². The second-order valence-electron chi connectivity index (χ2n) is 2.62. The quantitative estimate of drug-likeness (QED) is 0.632. The molecule has 0 N–H and O–H groups in total. The summed E-state index contributed by atoms with van der Waals surface area (Å²) in [5.74, 6) is -0.515. The molecule has 66 valence electrons. The van der Waals surface area contributed by atoms with Crippen LogP contribution in [0, 0.1) is 5.92 Å². The summed E-state index contributed by atoms with van der Waals surface area (Å²) in [7, 11) is 0. The molecule has 0 aromatic carbocycles. The van der Waals surface area contributed by atoms with E-state index in [0.29, 0.717) is 10.7 Å². The van der Waals surface area contributed by atoms with Crippen LogP contribution in [0.25, 0.3) is 0 Å². The Kier molecular flexibility index (Phi) is 2.33. The Morgan fingerprint density at radius 1 is 1.54 bits per heavy atom. The average Bonchev–Trinajstić information content (AvgIpc) is 2.09. The number of hydrogen-bond acceptors (Lipinski definition) is 2. The second kappa shape index (κ2) is 3.34. The fraction of sp³-hybridized carbons (Fsp3) is 0.125. The number of amides is 1. The summed E-state index contributed by atoms with van der Waals surface area (Å²) >= 11 is 7.97. The van der Waals surface area contributed by atoms with Crippen LogP contribution < -0.4 is 0 Å². The number of hydrogen-bond donors (Lipinski definition) is 0. The highest BCUT2D eigenvalue weighted by Crippen LogP contribution is 2.30. The van der Waals surface area contributed by atoms with Gasteiger partial charge in [-0.05, 0) is 28.7 Å². The van der Waals surface area contributed by atoms with Gasteiger partial charge >= 0.3 is 0 Å². The largest absolute Gasteiger partial charge is 0.271 e. The van der Waals surface area contributed by atoms with E-state index in [-0.39, 0.29) is 11.8 Å². The Labute approximate surface area is 93.4 Å². The normalized spacial score (nSPS) is 26.2. The molecule has 0 aromatic rings. The third-order valence-corrected chi connectivity index (χ3v) is 3.36. The molecule has 0 spiro atoms. The van der Waals surface area contributed by atoms with Crippen LogP contribution in [0.2, 0.25) is 0 Å². The van der Waals surface area contributed by atoms with Crippen LogP contribution in [0.4, 0.5) is 0 Å². The van der Waals surface area contributed by atoms with E-state index in [4.69, 9.17) is 11.6 Å². The van der Waals surface area contributed by atoms with Crippen molar-refractivity contribution in [2.45, 2.75) is 0 Å². The van der Waals surface area contributed by atoms with Crippen molar-refractivity contribution >= 4 is 52.1 Å². The smallest absolute Gasteiger partial charge is 0.260 e. The third-order valence-electron chi connectivity index (χ3n) is 1.79. The SMILES string of the molecule is O=C1N=CN=C2C=C(Cl)C(I)=CC12. The van der Waals surface area contributed by atoms with Crippen LogP contribution in [-0.2, 0) is 4.79 Å². The molecule has 13 heavy (non-hydrogen) atoms. The first kappa shape index (κ1) is 9.08. The highest BCUT2D eigenvalue weighted by Gasteiger charge is 2.26. The summed E-state index contributed by atoms with van der Waals surface area (Å²) in [6.45, 7) is 0. The summed E-state index contributed by atoms with van der Waals surface area (Å²) in [4.78, 5) is 18.9. The number of halogens is 2. The highest BCUT2D eigenvalue weighted by atomic mass is 127. The Bertz CT molecular complexity index is 395. The maximum atomic E-state index is 11.3. The first-order chi connectivity index (χ1) is 6.18. The zero-order chi connectivity index (χ0) is 9.42. The molecule has 0 bridgehead atoms. The number of allylic oxidation sites excluding steroid dienone is 3. The van der Waals surface area contributed by atoms with E-state index in [0.717, 1.165) is 3.58 Å². The van der Waals surface area contributed by atoms with Crippen molar-refractivity contribution in [3.05, 3.63) is 20.8 Å². The fourth-order valence-corrected chi connectivity index (χ4v) is 1.84. The molecule has 3 nitrogen and oxygen atoms in total. The molecule has 0 radical (unpaired) electrons. The van der Waals surface area contributed by atoms with Gasteiger partial charge < -0.3 is 0 Å². The first-order valence-electron chi connectivity index (χ1n) is 3.57. The fourth-order valence-electron chi connectivity index (χ4n) is 1.15.